The summed E-state index contributed by atoms with van der Waals surface area (Å²) in [4.78, 5) is 7.25. The molecule has 2 aromatic rings. The molecular formula is C14H13BrN2. The molecule has 0 saturated heterocycles. The molecule has 0 spiro atoms. The van der Waals surface area contributed by atoms with Crippen LogP contribution in [0.3, 0.4) is 0 Å². The third-order valence-corrected chi connectivity index (χ3v) is 3.64. The number of allylic oxidation sites excluding steroid dienone is 1. The largest absolute Gasteiger partial charge is 0.351 e. The average molecular weight is 289 g/mol. The summed E-state index contributed by atoms with van der Waals surface area (Å²) in [5.41, 5.74) is 5.21. The van der Waals surface area contributed by atoms with Gasteiger partial charge in [0.05, 0.1) is 12.0 Å². The quantitative estimate of drug-likeness (QED) is 0.843. The first-order valence-corrected chi connectivity index (χ1v) is 6.60. The van der Waals surface area contributed by atoms with Gasteiger partial charge in [0.2, 0.25) is 0 Å². The molecule has 1 aromatic carbocycles. The van der Waals surface area contributed by atoms with Crippen molar-refractivity contribution in [2.24, 2.45) is 0 Å². The number of aromatic amines is 1. The fourth-order valence-corrected chi connectivity index (χ4v) is 2.71. The monoisotopic (exact) mass is 288 g/mol. The number of hydrogen-bond acceptors (Lipinski definition) is 1. The number of hydrogen-bond donors (Lipinski definition) is 1. The first kappa shape index (κ1) is 10.8. The van der Waals surface area contributed by atoms with E-state index in [0.29, 0.717) is 0 Å². The van der Waals surface area contributed by atoms with E-state index in [2.05, 4.69) is 50.2 Å². The van der Waals surface area contributed by atoms with Crippen LogP contribution in [0.15, 0.2) is 35.2 Å². The third kappa shape index (κ3) is 2.20. The van der Waals surface area contributed by atoms with E-state index in [0.717, 1.165) is 16.6 Å². The normalized spacial score (nSPS) is 17.1. The Bertz CT molecular complexity index is 556. The van der Waals surface area contributed by atoms with Crippen LogP contribution in [0.4, 0.5) is 0 Å². The number of nitrogens with one attached hydrogen (secondary N) is 1. The van der Waals surface area contributed by atoms with Gasteiger partial charge in [-0.3, -0.25) is 0 Å². The Morgan fingerprint density at radius 3 is 3.06 bits per heavy atom. The summed E-state index contributed by atoms with van der Waals surface area (Å²) in [6.07, 6.45) is 9.37. The minimum atomic E-state index is 1.01. The lowest BCUT2D eigenvalue weighted by Crippen LogP contribution is -2.01. The lowest BCUT2D eigenvalue weighted by Gasteiger charge is -2.19. The highest BCUT2D eigenvalue weighted by atomic mass is 79.9. The van der Waals surface area contributed by atoms with Gasteiger partial charge in [-0.2, -0.15) is 0 Å². The zero-order valence-electron chi connectivity index (χ0n) is 9.41. The average Bonchev–Trinajstić information content (AvgIpc) is 2.83. The first-order chi connectivity index (χ1) is 8.33. The number of halogens is 1. The van der Waals surface area contributed by atoms with Crippen molar-refractivity contribution in [2.45, 2.75) is 19.3 Å². The number of H-pyrrole nitrogens is 1. The molecule has 2 nitrogen and oxygen atoms in total. The van der Waals surface area contributed by atoms with Crippen molar-refractivity contribution in [1.82, 2.24) is 9.97 Å². The van der Waals surface area contributed by atoms with E-state index >= 15 is 0 Å². The molecule has 0 radical (unpaired) electrons. The molecular weight excluding hydrogens is 276 g/mol. The maximum absolute atomic E-state index is 4.26. The zero-order valence-corrected chi connectivity index (χ0v) is 11.0. The summed E-state index contributed by atoms with van der Waals surface area (Å²) in [6.45, 7) is 0. The highest BCUT2D eigenvalue weighted by Gasteiger charge is 2.14. The van der Waals surface area contributed by atoms with Crippen molar-refractivity contribution in [3.63, 3.8) is 0 Å². The van der Waals surface area contributed by atoms with Crippen molar-refractivity contribution in [3.05, 3.63) is 52.0 Å². The second-order valence-electron chi connectivity index (χ2n) is 4.32. The lowest BCUT2D eigenvalue weighted by molar-refractivity contribution is 0.823. The van der Waals surface area contributed by atoms with Crippen LogP contribution in [-0.2, 0) is 6.42 Å². The van der Waals surface area contributed by atoms with Crippen LogP contribution in [0.25, 0.3) is 11.6 Å². The molecule has 0 saturated carbocycles. The number of imidazole rings is 1. The van der Waals surface area contributed by atoms with Crippen molar-refractivity contribution >= 4 is 27.6 Å². The van der Waals surface area contributed by atoms with Crippen LogP contribution in [0.1, 0.15) is 29.7 Å². The van der Waals surface area contributed by atoms with Gasteiger partial charge >= 0.3 is 0 Å². The van der Waals surface area contributed by atoms with Gasteiger partial charge in [-0.1, -0.05) is 22.0 Å². The van der Waals surface area contributed by atoms with Gasteiger partial charge in [-0.05, 0) is 54.2 Å². The Hall–Kier alpha value is -1.35. The van der Waals surface area contributed by atoms with Crippen molar-refractivity contribution in [1.29, 1.82) is 0 Å². The van der Waals surface area contributed by atoms with E-state index in [-0.39, 0.29) is 0 Å². The minimum absolute atomic E-state index is 1.01. The van der Waals surface area contributed by atoms with E-state index in [4.69, 9.17) is 0 Å². The Labute approximate surface area is 109 Å². The van der Waals surface area contributed by atoms with E-state index in [9.17, 15) is 0 Å². The van der Waals surface area contributed by atoms with Crippen LogP contribution in [0.5, 0.6) is 0 Å². The highest BCUT2D eigenvalue weighted by molar-refractivity contribution is 9.10. The molecule has 1 aliphatic carbocycles. The van der Waals surface area contributed by atoms with Gasteiger partial charge < -0.3 is 4.98 Å². The van der Waals surface area contributed by atoms with Crippen molar-refractivity contribution in [2.75, 3.05) is 0 Å². The maximum Gasteiger partial charge on any atom is 0.0927 e. The van der Waals surface area contributed by atoms with Crippen molar-refractivity contribution < 1.29 is 0 Å². The SMILES string of the molecule is Brc1ccc2c(c1)C(=Cc1c[nH]cn1)CCC2. The summed E-state index contributed by atoms with van der Waals surface area (Å²) in [5, 5.41) is 0. The van der Waals surface area contributed by atoms with E-state index in [1.54, 1.807) is 6.33 Å². The standard InChI is InChI=1S/C14H13BrN2/c15-12-5-4-10-2-1-3-11(14(10)7-12)6-13-8-16-9-17-13/h4-9H,1-3H2,(H,16,17). The second kappa shape index (κ2) is 4.49. The fourth-order valence-electron chi connectivity index (χ4n) is 2.35. The molecule has 0 aliphatic heterocycles. The molecule has 1 N–H and O–H groups in total. The van der Waals surface area contributed by atoms with Crippen molar-refractivity contribution in [3.8, 4) is 0 Å². The van der Waals surface area contributed by atoms with Gasteiger partial charge in [0.1, 0.15) is 0 Å². The molecule has 0 bridgehead atoms. The topological polar surface area (TPSA) is 28.7 Å². The highest BCUT2D eigenvalue weighted by Crippen LogP contribution is 2.33. The van der Waals surface area contributed by atoms with E-state index < -0.39 is 0 Å². The Morgan fingerprint density at radius 1 is 1.29 bits per heavy atom. The van der Waals surface area contributed by atoms with E-state index in [1.807, 2.05) is 6.20 Å². The summed E-state index contributed by atoms with van der Waals surface area (Å²) in [6, 6.07) is 6.56. The van der Waals surface area contributed by atoms with Crippen LogP contribution in [0, 0.1) is 0 Å². The summed E-state index contributed by atoms with van der Waals surface area (Å²) >= 11 is 3.55. The second-order valence-corrected chi connectivity index (χ2v) is 5.23. The summed E-state index contributed by atoms with van der Waals surface area (Å²) in [5.74, 6) is 0. The molecule has 1 aliphatic rings. The minimum Gasteiger partial charge on any atom is -0.351 e. The number of aryl methyl sites for hydroxylation is 1. The molecule has 1 aromatic heterocycles. The predicted octanol–water partition coefficient (Wildman–Crippen LogP) is 4.05. The molecule has 0 amide bonds. The van der Waals surface area contributed by atoms with Crippen LogP contribution in [-0.4, -0.2) is 9.97 Å². The smallest absolute Gasteiger partial charge is 0.0927 e. The Kier molecular flexibility index (Phi) is 2.85. The number of benzene rings is 1. The third-order valence-electron chi connectivity index (χ3n) is 3.15. The molecule has 1 heterocycles. The van der Waals surface area contributed by atoms with Gasteiger partial charge in [0, 0.05) is 10.7 Å². The van der Waals surface area contributed by atoms with Crippen LogP contribution >= 0.6 is 15.9 Å². The Balaban J connectivity index is 2.07. The Morgan fingerprint density at radius 2 is 2.24 bits per heavy atom. The molecule has 0 unspecified atom stereocenters. The number of fused-ring (bicyclic) bond motifs is 1. The van der Waals surface area contributed by atoms with E-state index in [1.165, 1.54) is 29.5 Å². The summed E-state index contributed by atoms with van der Waals surface area (Å²) < 4.78 is 1.14. The zero-order chi connectivity index (χ0) is 11.7. The maximum atomic E-state index is 4.26. The molecule has 0 fully saturated rings. The number of aromatic nitrogens is 2. The number of nitrogens with zero attached hydrogens (tertiary/aromatic N) is 1. The first-order valence-electron chi connectivity index (χ1n) is 5.81. The molecule has 3 rings (SSSR count). The molecule has 86 valence electrons. The van der Waals surface area contributed by atoms with Crippen LogP contribution in [0.2, 0.25) is 0 Å². The molecule has 17 heavy (non-hydrogen) atoms. The molecule has 0 atom stereocenters. The molecule has 3 heteroatoms. The van der Waals surface area contributed by atoms with Crippen LogP contribution < -0.4 is 0 Å². The van der Waals surface area contributed by atoms with Gasteiger partial charge in [0.15, 0.2) is 0 Å². The predicted molar refractivity (Wildman–Crippen MR) is 73.5 cm³/mol. The van der Waals surface area contributed by atoms with Gasteiger partial charge in [-0.15, -0.1) is 0 Å². The number of rotatable bonds is 1. The lowest BCUT2D eigenvalue weighted by atomic mass is 9.87. The fraction of sp³-hybridized carbons (Fsp3) is 0.214. The summed E-state index contributed by atoms with van der Waals surface area (Å²) in [7, 11) is 0. The van der Waals surface area contributed by atoms with Gasteiger partial charge in [0.25, 0.3) is 0 Å². The van der Waals surface area contributed by atoms with Gasteiger partial charge in [-0.25, -0.2) is 4.98 Å².